The van der Waals surface area contributed by atoms with Gasteiger partial charge in [0.15, 0.2) is 0 Å². The van der Waals surface area contributed by atoms with Crippen LogP contribution in [0.15, 0.2) is 54.7 Å². The summed E-state index contributed by atoms with van der Waals surface area (Å²) in [6.45, 7) is 2.25. The number of pyridine rings is 1. The summed E-state index contributed by atoms with van der Waals surface area (Å²) in [6, 6.07) is 15.4. The van der Waals surface area contributed by atoms with E-state index in [2.05, 4.69) is 33.3 Å². The smallest absolute Gasteiger partial charge is 0.201 e. The molecule has 5 rings (SSSR count). The maximum Gasteiger partial charge on any atom is 0.201 e. The minimum absolute atomic E-state index is 0.191. The molecule has 0 spiro atoms. The molecule has 1 fully saturated rings. The molecule has 5 heteroatoms. The van der Waals surface area contributed by atoms with Gasteiger partial charge in [-0.15, -0.1) is 0 Å². The van der Waals surface area contributed by atoms with Crippen LogP contribution in [0.4, 0.5) is 10.3 Å². The Bertz CT molecular complexity index is 1110. The fourth-order valence-corrected chi connectivity index (χ4v) is 4.78. The predicted octanol–water partition coefficient (Wildman–Crippen LogP) is 6.02. The largest absolute Gasteiger partial charge is 0.353 e. The quantitative estimate of drug-likeness (QED) is 0.449. The van der Waals surface area contributed by atoms with Crippen LogP contribution < -0.4 is 5.32 Å². The zero-order chi connectivity index (χ0) is 19.8. The van der Waals surface area contributed by atoms with Crippen molar-refractivity contribution in [3.8, 4) is 0 Å². The molecule has 4 nitrogen and oxygen atoms in total. The lowest BCUT2D eigenvalue weighted by Crippen LogP contribution is -2.29. The average Bonchev–Trinajstić information content (AvgIpc) is 3.15. The molecule has 0 radical (unpaired) electrons. The van der Waals surface area contributed by atoms with Gasteiger partial charge in [0.2, 0.25) is 5.95 Å². The predicted molar refractivity (Wildman–Crippen MR) is 116 cm³/mol. The molecule has 2 heterocycles. The van der Waals surface area contributed by atoms with E-state index in [0.717, 1.165) is 53.6 Å². The Morgan fingerprint density at radius 2 is 1.86 bits per heavy atom. The Balaban J connectivity index is 1.27. The number of para-hydroxylation sites is 2. The summed E-state index contributed by atoms with van der Waals surface area (Å²) in [5.41, 5.74) is 4.17. The number of H-pyrrole nitrogens is 1. The molecule has 29 heavy (non-hydrogen) atoms. The third kappa shape index (κ3) is 3.57. The number of aromatic nitrogens is 3. The van der Waals surface area contributed by atoms with Crippen molar-refractivity contribution in [2.45, 2.75) is 44.6 Å². The molecule has 2 N–H and O–H groups in total. The molecule has 1 atom stereocenters. The van der Waals surface area contributed by atoms with E-state index in [0.29, 0.717) is 17.9 Å². The fourth-order valence-electron chi connectivity index (χ4n) is 4.78. The van der Waals surface area contributed by atoms with Gasteiger partial charge in [0.1, 0.15) is 5.82 Å². The molecule has 148 valence electrons. The zero-order valence-corrected chi connectivity index (χ0v) is 16.5. The highest BCUT2D eigenvalue weighted by Crippen LogP contribution is 2.39. The number of nitrogens with one attached hydrogen (secondary N) is 2. The number of fused-ring (bicyclic) bond motifs is 2. The Morgan fingerprint density at radius 1 is 1.03 bits per heavy atom. The van der Waals surface area contributed by atoms with E-state index < -0.39 is 0 Å². The second-order valence-corrected chi connectivity index (χ2v) is 8.21. The molecule has 1 saturated carbocycles. The second kappa shape index (κ2) is 7.47. The van der Waals surface area contributed by atoms with Gasteiger partial charge in [-0.3, -0.25) is 4.98 Å². The molecule has 0 unspecified atom stereocenters. The number of aromatic amines is 1. The third-order valence-corrected chi connectivity index (χ3v) is 6.41. The Labute approximate surface area is 169 Å². The summed E-state index contributed by atoms with van der Waals surface area (Å²) in [7, 11) is 0. The van der Waals surface area contributed by atoms with Gasteiger partial charge in [-0.25, -0.2) is 9.37 Å². The van der Waals surface area contributed by atoms with Gasteiger partial charge in [0.25, 0.3) is 0 Å². The van der Waals surface area contributed by atoms with Crippen molar-refractivity contribution in [3.05, 3.63) is 66.1 Å². The first-order valence-electron chi connectivity index (χ1n) is 10.4. The molecule has 1 aliphatic carbocycles. The van der Waals surface area contributed by atoms with Gasteiger partial charge in [0.05, 0.1) is 16.6 Å². The van der Waals surface area contributed by atoms with Crippen molar-refractivity contribution < 1.29 is 4.39 Å². The normalized spacial score (nSPS) is 20.8. The lowest BCUT2D eigenvalue weighted by atomic mass is 9.75. The van der Waals surface area contributed by atoms with Crippen molar-refractivity contribution >= 4 is 27.9 Å². The maximum absolute atomic E-state index is 13.8. The van der Waals surface area contributed by atoms with Crippen molar-refractivity contribution in [3.63, 3.8) is 0 Å². The van der Waals surface area contributed by atoms with Gasteiger partial charge < -0.3 is 10.3 Å². The van der Waals surface area contributed by atoms with Crippen LogP contribution in [-0.4, -0.2) is 21.0 Å². The molecule has 2 aromatic carbocycles. The van der Waals surface area contributed by atoms with Gasteiger partial charge in [0, 0.05) is 17.6 Å². The molecular formula is C24H25FN4. The highest BCUT2D eigenvalue weighted by atomic mass is 19.1. The van der Waals surface area contributed by atoms with Crippen LogP contribution >= 0.6 is 0 Å². The fraction of sp³-hybridized carbons (Fsp3) is 0.333. The van der Waals surface area contributed by atoms with E-state index in [1.807, 2.05) is 30.5 Å². The van der Waals surface area contributed by atoms with Crippen LogP contribution in [0, 0.1) is 11.7 Å². The minimum Gasteiger partial charge on any atom is -0.353 e. The molecule has 0 aliphatic heterocycles. The maximum atomic E-state index is 13.8. The van der Waals surface area contributed by atoms with Gasteiger partial charge in [-0.05, 0) is 86.4 Å². The van der Waals surface area contributed by atoms with E-state index in [-0.39, 0.29) is 5.82 Å². The van der Waals surface area contributed by atoms with Crippen LogP contribution in [0.1, 0.15) is 44.1 Å². The average molecular weight is 388 g/mol. The third-order valence-electron chi connectivity index (χ3n) is 6.41. The molecule has 2 aromatic heterocycles. The Morgan fingerprint density at radius 3 is 2.69 bits per heavy atom. The summed E-state index contributed by atoms with van der Waals surface area (Å²) in [5.74, 6) is 1.72. The van der Waals surface area contributed by atoms with Crippen molar-refractivity contribution in [2.24, 2.45) is 5.92 Å². The molecule has 1 aliphatic rings. The topological polar surface area (TPSA) is 53.6 Å². The summed E-state index contributed by atoms with van der Waals surface area (Å²) in [5, 5.41) is 4.53. The van der Waals surface area contributed by atoms with E-state index in [9.17, 15) is 4.39 Å². The number of benzene rings is 2. The van der Waals surface area contributed by atoms with Crippen molar-refractivity contribution in [2.75, 3.05) is 5.32 Å². The summed E-state index contributed by atoms with van der Waals surface area (Å²) in [6.07, 6.45) is 6.39. The van der Waals surface area contributed by atoms with Crippen molar-refractivity contribution in [1.82, 2.24) is 15.0 Å². The molecular weight excluding hydrogens is 363 g/mol. The SMILES string of the molecule is C[C@@H](Nc1nc2ccccc2[nH]1)C1CCC(c2ccnc3ccc(F)cc23)CC1. The van der Waals surface area contributed by atoms with Gasteiger partial charge in [-0.2, -0.15) is 0 Å². The Kier molecular flexibility index (Phi) is 4.66. The Hall–Kier alpha value is -2.95. The standard InChI is InChI=1S/C24H25FN4/c1-15(27-24-28-22-4-2-3-5-23(22)29-24)16-6-8-17(9-7-16)19-12-13-26-21-11-10-18(25)14-20(19)21/h2-5,10-17H,6-9H2,1H3,(H2,27,28,29)/t15-,16?,17?/m1/s1. The number of anilines is 1. The number of imidazole rings is 1. The first-order chi connectivity index (χ1) is 14.2. The number of hydrogen-bond donors (Lipinski definition) is 2. The highest BCUT2D eigenvalue weighted by molar-refractivity contribution is 5.82. The summed E-state index contributed by atoms with van der Waals surface area (Å²) < 4.78 is 13.8. The monoisotopic (exact) mass is 388 g/mol. The summed E-state index contributed by atoms with van der Waals surface area (Å²) >= 11 is 0. The van der Waals surface area contributed by atoms with Crippen LogP contribution in [0.2, 0.25) is 0 Å². The number of rotatable bonds is 4. The molecule has 0 bridgehead atoms. The van der Waals surface area contributed by atoms with Crippen LogP contribution in [-0.2, 0) is 0 Å². The van der Waals surface area contributed by atoms with E-state index in [1.54, 1.807) is 12.1 Å². The number of nitrogens with zero attached hydrogens (tertiary/aromatic N) is 2. The van der Waals surface area contributed by atoms with Gasteiger partial charge in [-0.1, -0.05) is 12.1 Å². The first kappa shape index (κ1) is 18.1. The highest BCUT2D eigenvalue weighted by Gasteiger charge is 2.27. The molecule has 0 amide bonds. The van der Waals surface area contributed by atoms with E-state index in [4.69, 9.17) is 0 Å². The molecule has 4 aromatic rings. The van der Waals surface area contributed by atoms with E-state index >= 15 is 0 Å². The molecule has 0 saturated heterocycles. The number of hydrogen-bond acceptors (Lipinski definition) is 3. The van der Waals surface area contributed by atoms with Crippen LogP contribution in [0.5, 0.6) is 0 Å². The lowest BCUT2D eigenvalue weighted by Gasteiger charge is -2.33. The summed E-state index contributed by atoms with van der Waals surface area (Å²) in [4.78, 5) is 12.4. The first-order valence-corrected chi connectivity index (χ1v) is 10.4. The van der Waals surface area contributed by atoms with Crippen LogP contribution in [0.25, 0.3) is 21.9 Å². The lowest BCUT2D eigenvalue weighted by molar-refractivity contribution is 0.301. The zero-order valence-electron chi connectivity index (χ0n) is 16.5. The number of halogens is 1. The van der Waals surface area contributed by atoms with Gasteiger partial charge >= 0.3 is 0 Å². The minimum atomic E-state index is -0.191. The van der Waals surface area contributed by atoms with Crippen LogP contribution in [0.3, 0.4) is 0 Å². The van der Waals surface area contributed by atoms with Crippen molar-refractivity contribution in [1.29, 1.82) is 0 Å². The second-order valence-electron chi connectivity index (χ2n) is 8.21. The van der Waals surface area contributed by atoms with E-state index in [1.165, 1.54) is 11.6 Å².